The third-order valence-electron chi connectivity index (χ3n) is 2.14. The van der Waals surface area contributed by atoms with E-state index in [0.29, 0.717) is 0 Å². The molecule has 0 aromatic carbocycles. The van der Waals surface area contributed by atoms with Crippen LogP contribution in [0.2, 0.25) is 0 Å². The highest BCUT2D eigenvalue weighted by Gasteiger charge is 1.94. The highest BCUT2D eigenvalue weighted by atomic mass is 127. The molecule has 0 rings (SSSR count). The van der Waals surface area contributed by atoms with Crippen molar-refractivity contribution in [3.8, 4) is 0 Å². The number of guanidine groups is 1. The molecule has 0 aromatic rings. The molecule has 0 amide bonds. The fraction of sp³-hybridized carbons (Fsp3) is 0.750. The fourth-order valence-corrected chi connectivity index (χ4v) is 1.24. The summed E-state index contributed by atoms with van der Waals surface area (Å²) in [5.74, 6) is 0.913. The van der Waals surface area contributed by atoms with E-state index in [1.807, 2.05) is 14.0 Å². The van der Waals surface area contributed by atoms with Gasteiger partial charge in [0, 0.05) is 20.1 Å². The lowest BCUT2D eigenvalue weighted by Crippen LogP contribution is -2.38. The maximum atomic E-state index is 4.15. The van der Waals surface area contributed by atoms with Crippen molar-refractivity contribution in [3.63, 3.8) is 0 Å². The second kappa shape index (κ2) is 14.7. The van der Waals surface area contributed by atoms with Gasteiger partial charge in [0.15, 0.2) is 5.96 Å². The number of hydrogen-bond acceptors (Lipinski definition) is 1. The van der Waals surface area contributed by atoms with Crippen molar-refractivity contribution < 1.29 is 0 Å². The van der Waals surface area contributed by atoms with Crippen LogP contribution in [0.25, 0.3) is 0 Å². The second-order valence-corrected chi connectivity index (χ2v) is 3.49. The zero-order valence-electron chi connectivity index (χ0n) is 10.8. The van der Waals surface area contributed by atoms with Gasteiger partial charge in [-0.15, -0.1) is 24.0 Å². The molecule has 3 nitrogen and oxygen atoms in total. The molecule has 0 unspecified atom stereocenters. The van der Waals surface area contributed by atoms with Crippen LogP contribution in [0, 0.1) is 0 Å². The highest BCUT2D eigenvalue weighted by Crippen LogP contribution is 1.90. The first-order chi connectivity index (χ1) is 7.35. The molecular formula is C12H26IN3. The van der Waals surface area contributed by atoms with E-state index in [1.165, 1.54) is 19.3 Å². The average molecular weight is 339 g/mol. The quantitative estimate of drug-likeness (QED) is 0.246. The third-order valence-corrected chi connectivity index (χ3v) is 2.14. The first kappa shape index (κ1) is 18.1. The molecule has 0 radical (unpaired) electrons. The van der Waals surface area contributed by atoms with Crippen molar-refractivity contribution in [2.45, 2.75) is 39.5 Å². The Hall–Kier alpha value is -0.260. The number of unbranched alkanes of at least 4 members (excludes halogenated alkanes) is 2. The highest BCUT2D eigenvalue weighted by molar-refractivity contribution is 14.0. The first-order valence-corrected chi connectivity index (χ1v) is 5.90. The summed E-state index contributed by atoms with van der Waals surface area (Å²) >= 11 is 0. The van der Waals surface area contributed by atoms with E-state index in [2.05, 4.69) is 34.7 Å². The number of halogens is 1. The van der Waals surface area contributed by atoms with Crippen molar-refractivity contribution in [1.82, 2.24) is 10.6 Å². The molecule has 0 heterocycles. The normalized spacial score (nSPS) is 11.3. The third kappa shape index (κ3) is 11.8. The van der Waals surface area contributed by atoms with E-state index in [1.54, 1.807) is 0 Å². The summed E-state index contributed by atoms with van der Waals surface area (Å²) in [4.78, 5) is 4.15. The topological polar surface area (TPSA) is 36.4 Å². The summed E-state index contributed by atoms with van der Waals surface area (Å²) in [7, 11) is 1.81. The van der Waals surface area contributed by atoms with Crippen molar-refractivity contribution in [2.75, 3.05) is 20.1 Å². The van der Waals surface area contributed by atoms with Crippen LogP contribution in [-0.2, 0) is 0 Å². The van der Waals surface area contributed by atoms with Gasteiger partial charge in [-0.25, -0.2) is 0 Å². The van der Waals surface area contributed by atoms with Gasteiger partial charge in [0.2, 0.25) is 0 Å². The van der Waals surface area contributed by atoms with E-state index in [-0.39, 0.29) is 24.0 Å². The molecule has 16 heavy (non-hydrogen) atoms. The molecule has 0 bridgehead atoms. The van der Waals surface area contributed by atoms with Crippen LogP contribution in [0.4, 0.5) is 0 Å². The largest absolute Gasteiger partial charge is 0.356 e. The smallest absolute Gasteiger partial charge is 0.190 e. The zero-order valence-corrected chi connectivity index (χ0v) is 13.1. The predicted molar refractivity (Wildman–Crippen MR) is 83.7 cm³/mol. The second-order valence-electron chi connectivity index (χ2n) is 3.49. The minimum atomic E-state index is 0. The van der Waals surface area contributed by atoms with Crippen molar-refractivity contribution >= 4 is 29.9 Å². The Morgan fingerprint density at radius 2 is 1.88 bits per heavy atom. The summed E-state index contributed by atoms with van der Waals surface area (Å²) in [6.45, 7) is 6.21. The Balaban J connectivity index is 0. The molecule has 0 saturated carbocycles. The Morgan fingerprint density at radius 3 is 2.44 bits per heavy atom. The summed E-state index contributed by atoms with van der Waals surface area (Å²) < 4.78 is 0. The molecule has 0 aliphatic heterocycles. The van der Waals surface area contributed by atoms with Gasteiger partial charge in [-0.05, 0) is 19.8 Å². The Kier molecular flexibility index (Phi) is 16.7. The standard InChI is InChI=1S/C12H25N3.HI/c1-4-6-8-10-14-12(13-3)15-11-9-7-5-2;/h4,6H,5,7-11H2,1-3H3,(H2,13,14,15);1H. The molecule has 0 aromatic heterocycles. The average Bonchev–Trinajstić information content (AvgIpc) is 2.27. The lowest BCUT2D eigenvalue weighted by molar-refractivity contribution is 0.683. The van der Waals surface area contributed by atoms with E-state index in [9.17, 15) is 0 Å². The van der Waals surface area contributed by atoms with E-state index in [0.717, 1.165) is 25.5 Å². The molecule has 0 saturated heterocycles. The molecule has 0 atom stereocenters. The van der Waals surface area contributed by atoms with E-state index >= 15 is 0 Å². The van der Waals surface area contributed by atoms with Gasteiger partial charge < -0.3 is 10.6 Å². The number of nitrogens with zero attached hydrogens (tertiary/aromatic N) is 1. The number of nitrogens with one attached hydrogen (secondary N) is 2. The maximum Gasteiger partial charge on any atom is 0.190 e. The first-order valence-electron chi connectivity index (χ1n) is 5.90. The van der Waals surface area contributed by atoms with Gasteiger partial charge in [0.25, 0.3) is 0 Å². The summed E-state index contributed by atoms with van der Waals surface area (Å²) in [6.07, 6.45) is 9.02. The van der Waals surface area contributed by atoms with Crippen LogP contribution >= 0.6 is 24.0 Å². The molecule has 0 aliphatic carbocycles. The number of rotatable bonds is 7. The maximum absolute atomic E-state index is 4.15. The van der Waals surface area contributed by atoms with E-state index < -0.39 is 0 Å². The Labute approximate surface area is 117 Å². The minimum absolute atomic E-state index is 0. The van der Waals surface area contributed by atoms with Gasteiger partial charge in [-0.1, -0.05) is 31.9 Å². The molecule has 0 aliphatic rings. The molecule has 2 N–H and O–H groups in total. The van der Waals surface area contributed by atoms with Crippen molar-refractivity contribution in [3.05, 3.63) is 12.2 Å². The predicted octanol–water partition coefficient (Wildman–Crippen LogP) is 2.93. The van der Waals surface area contributed by atoms with Gasteiger partial charge in [0.1, 0.15) is 0 Å². The summed E-state index contributed by atoms with van der Waals surface area (Å²) in [6, 6.07) is 0. The van der Waals surface area contributed by atoms with Gasteiger partial charge in [-0.3, -0.25) is 4.99 Å². The molecule has 0 spiro atoms. The summed E-state index contributed by atoms with van der Waals surface area (Å²) in [5.41, 5.74) is 0. The van der Waals surface area contributed by atoms with Gasteiger partial charge >= 0.3 is 0 Å². The van der Waals surface area contributed by atoms with Gasteiger partial charge in [0.05, 0.1) is 0 Å². The van der Waals surface area contributed by atoms with Crippen LogP contribution < -0.4 is 10.6 Å². The van der Waals surface area contributed by atoms with Crippen LogP contribution in [0.3, 0.4) is 0 Å². The van der Waals surface area contributed by atoms with E-state index in [4.69, 9.17) is 0 Å². The molecule has 0 fully saturated rings. The van der Waals surface area contributed by atoms with Crippen LogP contribution in [0.5, 0.6) is 0 Å². The fourth-order valence-electron chi connectivity index (χ4n) is 1.24. The lowest BCUT2D eigenvalue weighted by atomic mass is 10.2. The van der Waals surface area contributed by atoms with Crippen molar-refractivity contribution in [1.29, 1.82) is 0 Å². The minimum Gasteiger partial charge on any atom is -0.356 e. The lowest BCUT2D eigenvalue weighted by Gasteiger charge is -2.10. The Bertz CT molecular complexity index is 191. The van der Waals surface area contributed by atoms with Crippen LogP contribution in [0.1, 0.15) is 39.5 Å². The molecule has 4 heteroatoms. The van der Waals surface area contributed by atoms with Crippen LogP contribution in [0.15, 0.2) is 17.1 Å². The Morgan fingerprint density at radius 1 is 1.19 bits per heavy atom. The molecular weight excluding hydrogens is 313 g/mol. The van der Waals surface area contributed by atoms with Crippen LogP contribution in [-0.4, -0.2) is 26.1 Å². The summed E-state index contributed by atoms with van der Waals surface area (Å²) in [5, 5.41) is 6.56. The van der Waals surface area contributed by atoms with Gasteiger partial charge in [-0.2, -0.15) is 0 Å². The number of aliphatic imine (C=N–C) groups is 1. The monoisotopic (exact) mass is 339 g/mol. The number of allylic oxidation sites excluding steroid dienone is 1. The zero-order chi connectivity index (χ0) is 11.4. The van der Waals surface area contributed by atoms with Crippen molar-refractivity contribution in [2.24, 2.45) is 4.99 Å². The SMILES string of the molecule is CC=CCCNC(=NC)NCCCCC.I. The number of hydrogen-bond donors (Lipinski definition) is 2. The molecule has 96 valence electrons.